The molecule has 7 heteroatoms. The van der Waals surface area contributed by atoms with E-state index >= 15 is 0 Å². The average molecular weight is 415 g/mol. The van der Waals surface area contributed by atoms with E-state index in [0.717, 1.165) is 17.0 Å². The molecule has 2 aromatic carbocycles. The first-order valence-corrected chi connectivity index (χ1v) is 9.77. The fraction of sp³-hybridized carbons (Fsp3) is 0.273. The second kappa shape index (κ2) is 7.61. The van der Waals surface area contributed by atoms with Crippen LogP contribution < -0.4 is 0 Å². The minimum Gasteiger partial charge on any atom is -0.388 e. The van der Waals surface area contributed by atoms with Crippen LogP contribution in [0.25, 0.3) is 10.9 Å². The van der Waals surface area contributed by atoms with Gasteiger partial charge in [-0.15, -0.1) is 0 Å². The van der Waals surface area contributed by atoms with E-state index in [-0.39, 0.29) is 18.0 Å². The van der Waals surface area contributed by atoms with Crippen LogP contribution >= 0.6 is 11.6 Å². The molecule has 4 rings (SSSR count). The third-order valence-corrected chi connectivity index (χ3v) is 5.89. The van der Waals surface area contributed by atoms with Gasteiger partial charge in [-0.25, -0.2) is 4.39 Å². The Labute approximate surface area is 172 Å². The lowest BCUT2D eigenvalue weighted by molar-refractivity contribution is 0.0735. The fourth-order valence-corrected chi connectivity index (χ4v) is 4.35. The fourth-order valence-electron chi connectivity index (χ4n) is 3.98. The summed E-state index contributed by atoms with van der Waals surface area (Å²) < 4.78 is 16.5. The van der Waals surface area contributed by atoms with E-state index in [2.05, 4.69) is 0 Å². The van der Waals surface area contributed by atoms with Gasteiger partial charge in [0.1, 0.15) is 18.1 Å². The Balaban J connectivity index is 1.71. The summed E-state index contributed by atoms with van der Waals surface area (Å²) >= 11 is 6.52. The van der Waals surface area contributed by atoms with Gasteiger partial charge in [-0.2, -0.15) is 0 Å². The van der Waals surface area contributed by atoms with Gasteiger partial charge in [0.15, 0.2) is 5.78 Å². The molecule has 1 aliphatic rings. The molecule has 0 fully saturated rings. The minimum atomic E-state index is -0.664. The number of aryl methyl sites for hydroxylation is 2. The van der Waals surface area contributed by atoms with Crippen LogP contribution in [-0.4, -0.2) is 39.4 Å². The van der Waals surface area contributed by atoms with Crippen LogP contribution in [0, 0.1) is 5.82 Å². The van der Waals surface area contributed by atoms with Crippen molar-refractivity contribution < 1.29 is 19.1 Å². The number of aliphatic hydroxyl groups is 1. The molecule has 0 bridgehead atoms. The Morgan fingerprint density at radius 3 is 2.72 bits per heavy atom. The normalized spacial score (nSPS) is 14.0. The van der Waals surface area contributed by atoms with Crippen molar-refractivity contribution in [1.29, 1.82) is 0 Å². The molecule has 1 amide bonds. The molecule has 150 valence electrons. The lowest BCUT2D eigenvalue weighted by Gasteiger charge is -2.22. The maximum atomic E-state index is 14.8. The molecule has 1 N–H and O–H groups in total. The van der Waals surface area contributed by atoms with Crippen molar-refractivity contribution in [3.63, 3.8) is 0 Å². The average Bonchev–Trinajstić information content (AvgIpc) is 2.87. The van der Waals surface area contributed by atoms with Gasteiger partial charge >= 0.3 is 0 Å². The second-order valence-electron chi connectivity index (χ2n) is 7.25. The van der Waals surface area contributed by atoms with Crippen LogP contribution in [0.15, 0.2) is 36.4 Å². The highest BCUT2D eigenvalue weighted by Crippen LogP contribution is 2.32. The molecular weight excluding hydrogens is 395 g/mol. The zero-order chi connectivity index (χ0) is 20.7. The molecule has 29 heavy (non-hydrogen) atoms. The van der Waals surface area contributed by atoms with Crippen molar-refractivity contribution in [2.24, 2.45) is 7.05 Å². The molecule has 0 saturated carbocycles. The van der Waals surface area contributed by atoms with Crippen LogP contribution in [-0.2, 0) is 20.0 Å². The van der Waals surface area contributed by atoms with E-state index in [1.165, 1.54) is 0 Å². The maximum Gasteiger partial charge on any atom is 0.272 e. The molecule has 3 aromatic rings. The van der Waals surface area contributed by atoms with Gasteiger partial charge in [0.05, 0.1) is 5.02 Å². The number of ketones is 1. The molecule has 1 aliphatic heterocycles. The molecule has 0 saturated heterocycles. The molecule has 5 nitrogen and oxygen atoms in total. The summed E-state index contributed by atoms with van der Waals surface area (Å²) in [5.74, 6) is -1.32. The summed E-state index contributed by atoms with van der Waals surface area (Å²) in [7, 11) is 1.79. The van der Waals surface area contributed by atoms with E-state index in [0.29, 0.717) is 41.2 Å². The van der Waals surface area contributed by atoms with Crippen molar-refractivity contribution in [2.75, 3.05) is 13.2 Å². The lowest BCUT2D eigenvalue weighted by Crippen LogP contribution is -2.32. The smallest absolute Gasteiger partial charge is 0.272 e. The number of hydrogen-bond acceptors (Lipinski definition) is 3. The molecule has 1 aromatic heterocycles. The first-order valence-electron chi connectivity index (χ1n) is 9.40. The van der Waals surface area contributed by atoms with E-state index < -0.39 is 18.2 Å². The second-order valence-corrected chi connectivity index (χ2v) is 7.62. The largest absolute Gasteiger partial charge is 0.388 e. The lowest BCUT2D eigenvalue weighted by atomic mass is 9.98. The Morgan fingerprint density at radius 1 is 1.24 bits per heavy atom. The number of aliphatic hydroxyl groups excluding tert-OH is 1. The number of fused-ring (bicyclic) bond motifs is 2. The molecule has 0 spiro atoms. The maximum absolute atomic E-state index is 14.8. The van der Waals surface area contributed by atoms with Crippen molar-refractivity contribution in [3.05, 3.63) is 69.6 Å². The van der Waals surface area contributed by atoms with E-state index in [1.54, 1.807) is 22.6 Å². The number of hydrogen-bond donors (Lipinski definition) is 1. The summed E-state index contributed by atoms with van der Waals surface area (Å²) in [6, 6.07) is 10.3. The van der Waals surface area contributed by atoms with E-state index in [1.807, 2.05) is 24.3 Å². The number of Topliss-reactive ketones (excluding diaryl/α,β-unsaturated/α-hetero) is 1. The van der Waals surface area contributed by atoms with Gasteiger partial charge in [-0.05, 0) is 36.6 Å². The SMILES string of the molecule is Cn1c(C(=O)N2CCCc3cc(C(=O)CO)cc(F)c3C2)c(Cl)c2ccccc21. The number of benzene rings is 2. The van der Waals surface area contributed by atoms with Gasteiger partial charge < -0.3 is 14.6 Å². The first kappa shape index (κ1) is 19.6. The monoisotopic (exact) mass is 414 g/mol. The number of nitrogens with zero attached hydrogens (tertiary/aromatic N) is 2. The van der Waals surface area contributed by atoms with E-state index in [4.69, 9.17) is 16.7 Å². The topological polar surface area (TPSA) is 62.5 Å². The highest BCUT2D eigenvalue weighted by atomic mass is 35.5. The highest BCUT2D eigenvalue weighted by Gasteiger charge is 2.28. The van der Waals surface area contributed by atoms with Gasteiger partial charge in [-0.1, -0.05) is 29.8 Å². The predicted octanol–water partition coefficient (Wildman–Crippen LogP) is 3.73. The predicted molar refractivity (Wildman–Crippen MR) is 109 cm³/mol. The number of rotatable bonds is 3. The third-order valence-electron chi connectivity index (χ3n) is 5.51. The summed E-state index contributed by atoms with van der Waals surface area (Å²) in [4.78, 5) is 26.7. The molecule has 0 unspecified atom stereocenters. The number of para-hydroxylation sites is 1. The van der Waals surface area contributed by atoms with Crippen LogP contribution in [0.3, 0.4) is 0 Å². The molecule has 0 aliphatic carbocycles. The minimum absolute atomic E-state index is 0.103. The van der Waals surface area contributed by atoms with Crippen LogP contribution in [0.4, 0.5) is 4.39 Å². The Kier molecular flexibility index (Phi) is 5.15. The summed E-state index contributed by atoms with van der Waals surface area (Å²) in [6.07, 6.45) is 1.18. The van der Waals surface area contributed by atoms with Crippen LogP contribution in [0.1, 0.15) is 38.4 Å². The Morgan fingerprint density at radius 2 is 2.00 bits per heavy atom. The first-order chi connectivity index (χ1) is 13.9. The quantitative estimate of drug-likeness (QED) is 0.664. The highest BCUT2D eigenvalue weighted by molar-refractivity contribution is 6.38. The van der Waals surface area contributed by atoms with Gasteiger partial charge in [0.2, 0.25) is 0 Å². The van der Waals surface area contributed by atoms with Gasteiger partial charge in [-0.3, -0.25) is 9.59 Å². The van der Waals surface area contributed by atoms with Crippen molar-refractivity contribution >= 4 is 34.2 Å². The Bertz CT molecular complexity index is 1100. The van der Waals surface area contributed by atoms with Crippen LogP contribution in [0.2, 0.25) is 5.02 Å². The molecule has 0 atom stereocenters. The zero-order valence-electron chi connectivity index (χ0n) is 15.9. The summed E-state index contributed by atoms with van der Waals surface area (Å²) in [5.41, 5.74) is 2.49. The van der Waals surface area contributed by atoms with Crippen LogP contribution in [0.5, 0.6) is 0 Å². The van der Waals surface area contributed by atoms with Crippen molar-refractivity contribution in [1.82, 2.24) is 9.47 Å². The van der Waals surface area contributed by atoms with E-state index in [9.17, 15) is 14.0 Å². The number of amides is 1. The number of halogens is 2. The molecular formula is C22H20ClFN2O3. The zero-order valence-corrected chi connectivity index (χ0v) is 16.7. The third kappa shape index (κ3) is 3.32. The molecule has 2 heterocycles. The van der Waals surface area contributed by atoms with Gasteiger partial charge in [0, 0.05) is 42.2 Å². The number of aromatic nitrogens is 1. The Hall–Kier alpha value is -2.70. The standard InChI is InChI=1S/C22H20ClFN2O3/c1-25-18-7-3-2-6-15(18)20(23)21(25)22(29)26-8-4-5-13-9-14(19(28)12-27)10-17(24)16(13)11-26/h2-3,6-7,9-10,27H,4-5,8,11-12H2,1H3. The summed E-state index contributed by atoms with van der Waals surface area (Å²) in [6.45, 7) is -0.109. The number of carbonyl (C=O) groups excluding carboxylic acids is 2. The number of carbonyl (C=O) groups is 2. The summed E-state index contributed by atoms with van der Waals surface area (Å²) in [5, 5.41) is 10.2. The molecule has 0 radical (unpaired) electrons. The van der Waals surface area contributed by atoms with Gasteiger partial charge in [0.25, 0.3) is 5.91 Å². The van der Waals surface area contributed by atoms with Crippen molar-refractivity contribution in [3.8, 4) is 0 Å². The van der Waals surface area contributed by atoms with Crippen molar-refractivity contribution in [2.45, 2.75) is 19.4 Å².